The third-order valence-electron chi connectivity index (χ3n) is 6.68. The number of ether oxygens (including phenoxy) is 5. The molecule has 2 aliphatic heterocycles. The molecule has 0 saturated carbocycles. The standard InChI is InChI=1S/C26H23N5O7/c1-34-17-9-13(10-18(35-2)22(17)37-4)21-20-24(30-29-21)38-23(28)15(11-27)26(20)14-7-5-6-8-16(14)31(25(26)33)12-19(32)36-3/h5-10H,12,28H2,1-4H3,(H,29,30)/t26-/m1/s1. The third-order valence-corrected chi connectivity index (χ3v) is 6.68. The lowest BCUT2D eigenvalue weighted by Crippen LogP contribution is -2.47. The van der Waals surface area contributed by atoms with Crippen LogP contribution in [0, 0.1) is 11.3 Å². The van der Waals surface area contributed by atoms with Gasteiger partial charge in [-0.25, -0.2) is 0 Å². The molecule has 3 aromatic rings. The van der Waals surface area contributed by atoms with Crippen LogP contribution in [0.4, 0.5) is 5.69 Å². The van der Waals surface area contributed by atoms with E-state index in [1.54, 1.807) is 36.4 Å². The Balaban J connectivity index is 1.85. The lowest BCUT2D eigenvalue weighted by molar-refractivity contribution is -0.140. The number of nitrogens with two attached hydrogens (primary N) is 1. The van der Waals surface area contributed by atoms with Crippen molar-refractivity contribution < 1.29 is 33.3 Å². The van der Waals surface area contributed by atoms with Gasteiger partial charge in [0.15, 0.2) is 11.5 Å². The summed E-state index contributed by atoms with van der Waals surface area (Å²) in [4.78, 5) is 28.0. The number of rotatable bonds is 6. The summed E-state index contributed by atoms with van der Waals surface area (Å²) in [6.45, 7) is -0.375. The summed E-state index contributed by atoms with van der Waals surface area (Å²) >= 11 is 0. The molecular formula is C26H23N5O7. The van der Waals surface area contributed by atoms with Crippen molar-refractivity contribution in [1.82, 2.24) is 10.2 Å². The van der Waals surface area contributed by atoms with E-state index >= 15 is 0 Å². The molecule has 0 bridgehead atoms. The second-order valence-corrected chi connectivity index (χ2v) is 8.38. The fraction of sp³-hybridized carbons (Fsp3) is 0.231. The summed E-state index contributed by atoms with van der Waals surface area (Å²) in [5.74, 6) is -0.395. The van der Waals surface area contributed by atoms with Gasteiger partial charge in [-0.15, -0.1) is 5.10 Å². The van der Waals surface area contributed by atoms with E-state index < -0.39 is 17.3 Å². The van der Waals surface area contributed by atoms with Gasteiger partial charge in [0, 0.05) is 16.8 Å². The number of nitrogens with zero attached hydrogens (tertiary/aromatic N) is 3. The number of H-pyrrole nitrogens is 1. The SMILES string of the molecule is COC(=O)CN1C(=O)[C@@]2(C(C#N)=C(N)Oc3n[nH]c(-c4cc(OC)c(OC)c(OC)c4)c32)c2ccccc21. The van der Waals surface area contributed by atoms with Gasteiger partial charge in [0.05, 0.1) is 39.7 Å². The number of anilines is 1. The van der Waals surface area contributed by atoms with E-state index in [2.05, 4.69) is 16.3 Å². The highest BCUT2D eigenvalue weighted by Crippen LogP contribution is 2.57. The third kappa shape index (κ3) is 3.18. The number of methoxy groups -OCH3 is 4. The monoisotopic (exact) mass is 517 g/mol. The second-order valence-electron chi connectivity index (χ2n) is 8.38. The maximum absolute atomic E-state index is 14.4. The maximum atomic E-state index is 14.4. The number of hydrogen-bond donors (Lipinski definition) is 2. The molecule has 3 N–H and O–H groups in total. The van der Waals surface area contributed by atoms with Crippen molar-refractivity contribution in [1.29, 1.82) is 5.26 Å². The van der Waals surface area contributed by atoms with E-state index in [-0.39, 0.29) is 29.4 Å². The molecule has 2 aliphatic rings. The number of carbonyl (C=O) groups is 2. The van der Waals surface area contributed by atoms with Crippen LogP contribution in [0.25, 0.3) is 11.3 Å². The van der Waals surface area contributed by atoms with Gasteiger partial charge in [-0.05, 0) is 18.2 Å². The molecule has 0 saturated heterocycles. The lowest BCUT2D eigenvalue weighted by atomic mass is 9.68. The molecule has 2 aromatic carbocycles. The van der Waals surface area contributed by atoms with E-state index in [1.807, 2.05) is 0 Å². The van der Waals surface area contributed by atoms with Crippen molar-refractivity contribution in [2.24, 2.45) is 5.73 Å². The van der Waals surface area contributed by atoms with Crippen LogP contribution in [-0.4, -0.2) is 57.1 Å². The molecule has 194 valence electrons. The van der Waals surface area contributed by atoms with Gasteiger partial charge in [0.1, 0.15) is 23.6 Å². The molecule has 12 heteroatoms. The molecular weight excluding hydrogens is 494 g/mol. The summed E-state index contributed by atoms with van der Waals surface area (Å²) in [5, 5.41) is 17.5. The van der Waals surface area contributed by atoms with Crippen LogP contribution in [-0.2, 0) is 19.7 Å². The van der Waals surface area contributed by atoms with E-state index in [0.29, 0.717) is 39.8 Å². The molecule has 0 radical (unpaired) electrons. The number of carbonyl (C=O) groups excluding carboxylic acids is 2. The van der Waals surface area contributed by atoms with E-state index in [9.17, 15) is 14.9 Å². The minimum Gasteiger partial charge on any atom is -0.493 e. The Morgan fingerprint density at radius 2 is 1.84 bits per heavy atom. The number of aromatic amines is 1. The van der Waals surface area contributed by atoms with Crippen LogP contribution >= 0.6 is 0 Å². The number of esters is 1. The zero-order valence-electron chi connectivity index (χ0n) is 20.9. The van der Waals surface area contributed by atoms with Crippen LogP contribution < -0.4 is 29.6 Å². The first-order valence-corrected chi connectivity index (χ1v) is 11.3. The number of nitriles is 1. The highest BCUT2D eigenvalue weighted by atomic mass is 16.5. The summed E-state index contributed by atoms with van der Waals surface area (Å²) in [5.41, 5.74) is 6.26. The fourth-order valence-electron chi connectivity index (χ4n) is 5.07. The van der Waals surface area contributed by atoms with Gasteiger partial charge in [0.2, 0.25) is 23.4 Å². The van der Waals surface area contributed by atoms with E-state index in [0.717, 1.165) is 0 Å². The van der Waals surface area contributed by atoms with Crippen molar-refractivity contribution in [3.63, 3.8) is 0 Å². The fourth-order valence-corrected chi connectivity index (χ4v) is 5.07. The molecule has 1 aromatic heterocycles. The Hall–Kier alpha value is -5.18. The second kappa shape index (κ2) is 9.04. The average Bonchev–Trinajstić information content (AvgIpc) is 3.46. The van der Waals surface area contributed by atoms with Crippen LogP contribution in [0.3, 0.4) is 0 Å². The molecule has 38 heavy (non-hydrogen) atoms. The first-order valence-electron chi connectivity index (χ1n) is 11.3. The maximum Gasteiger partial charge on any atom is 0.325 e. The summed E-state index contributed by atoms with van der Waals surface area (Å²) < 4.78 is 27.0. The lowest BCUT2D eigenvalue weighted by Gasteiger charge is -2.32. The van der Waals surface area contributed by atoms with Crippen molar-refractivity contribution >= 4 is 17.6 Å². The Morgan fingerprint density at radius 3 is 2.45 bits per heavy atom. The molecule has 1 atom stereocenters. The molecule has 0 aliphatic carbocycles. The zero-order chi connectivity index (χ0) is 27.2. The zero-order valence-corrected chi connectivity index (χ0v) is 20.9. The molecule has 0 fully saturated rings. The molecule has 0 unspecified atom stereocenters. The Labute approximate surface area is 217 Å². The first-order chi connectivity index (χ1) is 18.4. The highest BCUT2D eigenvalue weighted by Gasteiger charge is 2.61. The Bertz CT molecular complexity index is 1530. The van der Waals surface area contributed by atoms with Crippen LogP contribution in [0.2, 0.25) is 0 Å². The molecule has 12 nitrogen and oxygen atoms in total. The molecule has 5 rings (SSSR count). The van der Waals surface area contributed by atoms with Crippen molar-refractivity contribution in [3.8, 4) is 40.5 Å². The summed E-state index contributed by atoms with van der Waals surface area (Å²) in [6.07, 6.45) is 0. The van der Waals surface area contributed by atoms with Gasteiger partial charge in [-0.3, -0.25) is 19.6 Å². The van der Waals surface area contributed by atoms with Crippen LogP contribution in [0.15, 0.2) is 47.9 Å². The quantitative estimate of drug-likeness (QED) is 0.463. The number of amides is 1. The molecule has 3 heterocycles. The van der Waals surface area contributed by atoms with Gasteiger partial charge in [-0.1, -0.05) is 18.2 Å². The average molecular weight is 517 g/mol. The van der Waals surface area contributed by atoms with Crippen LogP contribution in [0.5, 0.6) is 23.1 Å². The first kappa shape index (κ1) is 24.5. The normalized spacial score (nSPS) is 17.4. The molecule has 1 amide bonds. The van der Waals surface area contributed by atoms with Crippen molar-refractivity contribution in [3.05, 3.63) is 59.0 Å². The minimum absolute atomic E-state index is 0.00771. The number of fused-ring (bicyclic) bond motifs is 4. The van der Waals surface area contributed by atoms with Crippen molar-refractivity contribution in [2.45, 2.75) is 5.41 Å². The van der Waals surface area contributed by atoms with Gasteiger partial charge >= 0.3 is 5.97 Å². The summed E-state index contributed by atoms with van der Waals surface area (Å²) in [6, 6.07) is 12.3. The number of hydrogen-bond acceptors (Lipinski definition) is 10. The predicted octanol–water partition coefficient (Wildman–Crippen LogP) is 1.99. The number of benzene rings is 2. The largest absolute Gasteiger partial charge is 0.493 e. The topological polar surface area (TPSA) is 162 Å². The highest BCUT2D eigenvalue weighted by molar-refractivity contribution is 6.16. The minimum atomic E-state index is -1.76. The number of nitrogens with one attached hydrogen (secondary N) is 1. The van der Waals surface area contributed by atoms with E-state index in [4.69, 9.17) is 29.4 Å². The van der Waals surface area contributed by atoms with Crippen molar-refractivity contribution in [2.75, 3.05) is 39.9 Å². The summed E-state index contributed by atoms with van der Waals surface area (Å²) in [7, 11) is 5.67. The smallest absolute Gasteiger partial charge is 0.325 e. The Kier molecular flexibility index (Phi) is 5.83. The Morgan fingerprint density at radius 1 is 1.16 bits per heavy atom. The van der Waals surface area contributed by atoms with Gasteiger partial charge in [0.25, 0.3) is 0 Å². The van der Waals surface area contributed by atoms with Crippen LogP contribution in [0.1, 0.15) is 11.1 Å². The molecule has 1 spiro atoms. The predicted molar refractivity (Wildman–Crippen MR) is 133 cm³/mol. The van der Waals surface area contributed by atoms with Gasteiger partial charge < -0.3 is 29.4 Å². The van der Waals surface area contributed by atoms with Gasteiger partial charge in [-0.2, -0.15) is 5.26 Å². The van der Waals surface area contributed by atoms with E-state index in [1.165, 1.54) is 33.3 Å². The number of aromatic nitrogens is 2. The number of para-hydroxylation sites is 1.